The Hall–Kier alpha value is -1.34. The minimum atomic E-state index is -3.84. The van der Waals surface area contributed by atoms with Crippen molar-refractivity contribution in [3.8, 4) is 5.75 Å². The van der Waals surface area contributed by atoms with Crippen molar-refractivity contribution >= 4 is 33.2 Å². The largest absolute Gasteiger partial charge is 0.487 e. The monoisotopic (exact) mass is 349 g/mol. The van der Waals surface area contributed by atoms with Gasteiger partial charge in [0.2, 0.25) is 10.0 Å². The van der Waals surface area contributed by atoms with Crippen molar-refractivity contribution in [2.24, 2.45) is 5.14 Å². The van der Waals surface area contributed by atoms with Crippen LogP contribution in [0.15, 0.2) is 41.3 Å². The van der Waals surface area contributed by atoms with Crippen LogP contribution in [0.1, 0.15) is 5.56 Å². The highest BCUT2D eigenvalue weighted by molar-refractivity contribution is 7.89. The van der Waals surface area contributed by atoms with Crippen molar-refractivity contribution in [3.63, 3.8) is 0 Å². The summed E-state index contributed by atoms with van der Waals surface area (Å²) in [5.41, 5.74) is 0.186. The van der Waals surface area contributed by atoms with Crippen LogP contribution in [-0.2, 0) is 16.6 Å². The number of hydrogen-bond acceptors (Lipinski definition) is 3. The third kappa shape index (κ3) is 3.85. The molecule has 0 saturated heterocycles. The summed E-state index contributed by atoms with van der Waals surface area (Å²) in [5.74, 6) is -0.303. The molecule has 2 rings (SSSR count). The Morgan fingerprint density at radius 2 is 1.86 bits per heavy atom. The first kappa shape index (κ1) is 16.0. The molecule has 4 nitrogen and oxygen atoms in total. The van der Waals surface area contributed by atoms with Gasteiger partial charge in [-0.05, 0) is 30.3 Å². The van der Waals surface area contributed by atoms with Gasteiger partial charge in [0.15, 0.2) is 0 Å². The molecule has 2 aromatic carbocycles. The molecule has 0 aromatic heterocycles. The highest BCUT2D eigenvalue weighted by Crippen LogP contribution is 2.29. The summed E-state index contributed by atoms with van der Waals surface area (Å²) in [6.45, 7) is -0.139. The summed E-state index contributed by atoms with van der Waals surface area (Å²) in [6.07, 6.45) is 0. The molecule has 0 radical (unpaired) electrons. The molecule has 21 heavy (non-hydrogen) atoms. The topological polar surface area (TPSA) is 69.4 Å². The van der Waals surface area contributed by atoms with Crippen LogP contribution in [0.2, 0.25) is 10.0 Å². The summed E-state index contributed by atoms with van der Waals surface area (Å²) < 4.78 is 41.3. The van der Waals surface area contributed by atoms with Crippen LogP contribution >= 0.6 is 23.2 Å². The van der Waals surface area contributed by atoms with Crippen molar-refractivity contribution in [2.45, 2.75) is 11.5 Å². The van der Waals surface area contributed by atoms with Gasteiger partial charge in [0.25, 0.3) is 0 Å². The number of halogens is 3. The summed E-state index contributed by atoms with van der Waals surface area (Å²) >= 11 is 11.8. The molecule has 0 unspecified atom stereocenters. The summed E-state index contributed by atoms with van der Waals surface area (Å²) in [6, 6.07) is 8.03. The number of nitrogens with two attached hydrogens (primary N) is 1. The molecule has 0 amide bonds. The molecule has 8 heteroatoms. The zero-order chi connectivity index (χ0) is 15.6. The van der Waals surface area contributed by atoms with Gasteiger partial charge in [0.05, 0.1) is 14.9 Å². The maximum Gasteiger partial charge on any atom is 0.238 e. The standard InChI is InChI=1S/C13H10Cl2FNO3S/c14-10-2-1-3-12(16)9(10)7-20-13-5-4-8(6-11(13)15)21(17,18)19/h1-6H,7H2,(H2,17,18,19). The van der Waals surface area contributed by atoms with Crippen LogP contribution in [0.3, 0.4) is 0 Å². The van der Waals surface area contributed by atoms with E-state index in [1.54, 1.807) is 0 Å². The normalized spacial score (nSPS) is 11.4. The van der Waals surface area contributed by atoms with Crippen molar-refractivity contribution in [1.82, 2.24) is 0 Å². The number of hydrogen-bond donors (Lipinski definition) is 1. The van der Waals surface area contributed by atoms with Crippen molar-refractivity contribution in [2.75, 3.05) is 0 Å². The number of primary sulfonamides is 1. The molecule has 0 bridgehead atoms. The molecule has 0 spiro atoms. The van der Waals surface area contributed by atoms with Crippen LogP contribution in [0, 0.1) is 5.82 Å². The second kappa shape index (κ2) is 6.19. The minimum absolute atomic E-state index is 0.0500. The van der Waals surface area contributed by atoms with E-state index >= 15 is 0 Å². The Morgan fingerprint density at radius 3 is 2.43 bits per heavy atom. The molecule has 0 aliphatic heterocycles. The zero-order valence-corrected chi connectivity index (χ0v) is 12.8. The van der Waals surface area contributed by atoms with Crippen LogP contribution in [-0.4, -0.2) is 8.42 Å². The van der Waals surface area contributed by atoms with Crippen LogP contribution in [0.25, 0.3) is 0 Å². The molecule has 2 aromatic rings. The molecule has 0 atom stereocenters. The summed E-state index contributed by atoms with van der Waals surface area (Å²) in [4.78, 5) is -0.135. The Balaban J connectivity index is 2.22. The molecule has 2 N–H and O–H groups in total. The van der Waals surface area contributed by atoms with Gasteiger partial charge in [-0.15, -0.1) is 0 Å². The third-order valence-electron chi connectivity index (χ3n) is 2.67. The van der Waals surface area contributed by atoms with Crippen molar-refractivity contribution in [3.05, 3.63) is 57.8 Å². The fourth-order valence-electron chi connectivity index (χ4n) is 1.60. The molecule has 0 heterocycles. The van der Waals surface area contributed by atoms with E-state index < -0.39 is 15.8 Å². The van der Waals surface area contributed by atoms with Gasteiger partial charge in [-0.1, -0.05) is 29.3 Å². The van der Waals surface area contributed by atoms with E-state index in [-0.39, 0.29) is 32.9 Å². The Labute approximate surface area is 131 Å². The van der Waals surface area contributed by atoms with Gasteiger partial charge in [-0.2, -0.15) is 0 Å². The number of sulfonamides is 1. The van der Waals surface area contributed by atoms with Gasteiger partial charge in [-0.25, -0.2) is 17.9 Å². The van der Waals surface area contributed by atoms with E-state index in [0.717, 1.165) is 6.07 Å². The maximum atomic E-state index is 13.6. The van der Waals surface area contributed by atoms with Gasteiger partial charge >= 0.3 is 0 Å². The Morgan fingerprint density at radius 1 is 1.14 bits per heavy atom. The molecular formula is C13H10Cl2FNO3S. The smallest absolute Gasteiger partial charge is 0.238 e. The summed E-state index contributed by atoms with van der Waals surface area (Å²) in [7, 11) is -3.84. The van der Waals surface area contributed by atoms with E-state index in [1.807, 2.05) is 0 Å². The lowest BCUT2D eigenvalue weighted by molar-refractivity contribution is 0.300. The van der Waals surface area contributed by atoms with E-state index in [1.165, 1.54) is 30.3 Å². The van der Waals surface area contributed by atoms with Crippen LogP contribution in [0.4, 0.5) is 4.39 Å². The Bertz CT molecular complexity index is 761. The second-order valence-corrected chi connectivity index (χ2v) is 6.50. The fraction of sp³-hybridized carbons (Fsp3) is 0.0769. The van der Waals surface area contributed by atoms with Gasteiger partial charge in [0, 0.05) is 5.56 Å². The van der Waals surface area contributed by atoms with Crippen LogP contribution in [0.5, 0.6) is 5.75 Å². The highest BCUT2D eigenvalue weighted by Gasteiger charge is 2.13. The average molecular weight is 350 g/mol. The lowest BCUT2D eigenvalue weighted by Gasteiger charge is -2.10. The van der Waals surface area contributed by atoms with E-state index in [4.69, 9.17) is 33.1 Å². The summed E-state index contributed by atoms with van der Waals surface area (Å²) in [5, 5.41) is 5.27. The quantitative estimate of drug-likeness (QED) is 0.919. The molecule has 0 saturated carbocycles. The van der Waals surface area contributed by atoms with E-state index in [0.29, 0.717) is 0 Å². The lowest BCUT2D eigenvalue weighted by atomic mass is 10.2. The van der Waals surface area contributed by atoms with Gasteiger partial charge in [-0.3, -0.25) is 0 Å². The Kier molecular flexibility index (Phi) is 4.73. The SMILES string of the molecule is NS(=O)(=O)c1ccc(OCc2c(F)cccc2Cl)c(Cl)c1. The molecule has 0 aliphatic carbocycles. The first-order chi connectivity index (χ1) is 9.79. The predicted molar refractivity (Wildman–Crippen MR) is 78.6 cm³/mol. The zero-order valence-electron chi connectivity index (χ0n) is 10.5. The van der Waals surface area contributed by atoms with Crippen molar-refractivity contribution < 1.29 is 17.5 Å². The third-order valence-corrected chi connectivity index (χ3v) is 4.23. The van der Waals surface area contributed by atoms with Gasteiger partial charge in [0.1, 0.15) is 18.2 Å². The van der Waals surface area contributed by atoms with Crippen molar-refractivity contribution in [1.29, 1.82) is 0 Å². The first-order valence-corrected chi connectivity index (χ1v) is 7.97. The fourth-order valence-corrected chi connectivity index (χ4v) is 2.65. The highest BCUT2D eigenvalue weighted by atomic mass is 35.5. The average Bonchev–Trinajstić information content (AvgIpc) is 2.38. The molecule has 0 aliphatic rings. The lowest BCUT2D eigenvalue weighted by Crippen LogP contribution is -2.12. The van der Waals surface area contributed by atoms with E-state index in [2.05, 4.69) is 0 Å². The molecule has 112 valence electrons. The number of rotatable bonds is 4. The molecule has 0 fully saturated rings. The van der Waals surface area contributed by atoms with Crippen LogP contribution < -0.4 is 9.88 Å². The first-order valence-electron chi connectivity index (χ1n) is 5.67. The number of ether oxygens (including phenoxy) is 1. The minimum Gasteiger partial charge on any atom is -0.487 e. The van der Waals surface area contributed by atoms with Gasteiger partial charge < -0.3 is 4.74 Å². The second-order valence-electron chi connectivity index (χ2n) is 4.13. The number of benzene rings is 2. The van der Waals surface area contributed by atoms with E-state index in [9.17, 15) is 12.8 Å². The maximum absolute atomic E-state index is 13.6. The predicted octanol–water partition coefficient (Wildman–Crippen LogP) is 3.36. The molecular weight excluding hydrogens is 340 g/mol.